The van der Waals surface area contributed by atoms with Crippen molar-refractivity contribution in [2.24, 2.45) is 0 Å². The van der Waals surface area contributed by atoms with Crippen molar-refractivity contribution in [3.05, 3.63) is 48.3 Å². The van der Waals surface area contributed by atoms with Gasteiger partial charge in [0.25, 0.3) is 0 Å². The van der Waals surface area contributed by atoms with Crippen molar-refractivity contribution in [2.75, 3.05) is 24.3 Å². The molecular formula is C15H17N3O2. The number of anilines is 3. The number of pyridine rings is 1. The lowest BCUT2D eigenvalue weighted by molar-refractivity contribution is 0.0527. The van der Waals surface area contributed by atoms with E-state index >= 15 is 0 Å². The number of aromatic nitrogens is 1. The van der Waals surface area contributed by atoms with Gasteiger partial charge in [-0.1, -0.05) is 6.07 Å². The number of rotatable bonds is 4. The summed E-state index contributed by atoms with van der Waals surface area (Å²) in [6, 6.07) is 9.06. The summed E-state index contributed by atoms with van der Waals surface area (Å²) >= 11 is 0. The first-order chi connectivity index (χ1) is 9.65. The van der Waals surface area contributed by atoms with Gasteiger partial charge in [-0.15, -0.1) is 0 Å². The molecule has 0 spiro atoms. The van der Waals surface area contributed by atoms with Gasteiger partial charge in [-0.3, -0.25) is 4.98 Å². The van der Waals surface area contributed by atoms with Gasteiger partial charge in [0.2, 0.25) is 0 Å². The molecule has 2 N–H and O–H groups in total. The maximum absolute atomic E-state index is 11.8. The van der Waals surface area contributed by atoms with Crippen molar-refractivity contribution < 1.29 is 9.53 Å². The Morgan fingerprint density at radius 2 is 2.15 bits per heavy atom. The fourth-order valence-corrected chi connectivity index (χ4v) is 1.92. The summed E-state index contributed by atoms with van der Waals surface area (Å²) in [6.07, 6.45) is 3.44. The van der Waals surface area contributed by atoms with E-state index in [1.807, 2.05) is 30.1 Å². The lowest BCUT2D eigenvalue weighted by atomic mass is 10.1. The third kappa shape index (κ3) is 2.71. The van der Waals surface area contributed by atoms with Crippen LogP contribution < -0.4 is 10.6 Å². The molecule has 0 aliphatic carbocycles. The maximum atomic E-state index is 11.8. The van der Waals surface area contributed by atoms with Gasteiger partial charge in [0.15, 0.2) is 0 Å². The van der Waals surface area contributed by atoms with E-state index in [4.69, 9.17) is 10.5 Å². The van der Waals surface area contributed by atoms with E-state index < -0.39 is 5.97 Å². The molecule has 0 saturated carbocycles. The van der Waals surface area contributed by atoms with Gasteiger partial charge < -0.3 is 15.4 Å². The van der Waals surface area contributed by atoms with Crippen LogP contribution >= 0.6 is 0 Å². The molecule has 1 heterocycles. The molecule has 0 unspecified atom stereocenters. The maximum Gasteiger partial charge on any atom is 0.340 e. The van der Waals surface area contributed by atoms with Gasteiger partial charge in [0, 0.05) is 13.2 Å². The third-order valence-electron chi connectivity index (χ3n) is 2.97. The molecule has 2 aromatic rings. The highest BCUT2D eigenvalue weighted by Gasteiger charge is 2.16. The Morgan fingerprint density at radius 3 is 2.80 bits per heavy atom. The van der Waals surface area contributed by atoms with E-state index in [2.05, 4.69) is 4.98 Å². The number of carbonyl (C=O) groups excluding carboxylic acids is 1. The Balaban J connectivity index is 2.38. The highest BCUT2D eigenvalue weighted by Crippen LogP contribution is 2.31. The van der Waals surface area contributed by atoms with E-state index in [0.717, 1.165) is 11.4 Å². The van der Waals surface area contributed by atoms with Gasteiger partial charge in [0.1, 0.15) is 0 Å². The third-order valence-corrected chi connectivity index (χ3v) is 2.97. The van der Waals surface area contributed by atoms with Crippen LogP contribution in [0.2, 0.25) is 0 Å². The minimum atomic E-state index is -0.411. The predicted molar refractivity (Wildman–Crippen MR) is 79.1 cm³/mol. The first-order valence-electron chi connectivity index (χ1n) is 6.34. The quantitative estimate of drug-likeness (QED) is 0.684. The molecule has 0 aliphatic rings. The number of nitrogens with two attached hydrogens (primary N) is 1. The topological polar surface area (TPSA) is 68.5 Å². The molecule has 5 heteroatoms. The first kappa shape index (κ1) is 13.9. The molecule has 1 aromatic heterocycles. The molecule has 2 rings (SSSR count). The normalized spacial score (nSPS) is 10.1. The van der Waals surface area contributed by atoms with Crippen LogP contribution in [0.3, 0.4) is 0 Å². The van der Waals surface area contributed by atoms with Crippen LogP contribution in [0.5, 0.6) is 0 Å². The zero-order chi connectivity index (χ0) is 14.5. The summed E-state index contributed by atoms with van der Waals surface area (Å²) in [7, 11) is 1.87. The standard InChI is InChI=1S/C15H17N3O2/c1-3-20-15(19)12-7-4-8-13(14(12)16)18(2)11-6-5-9-17-10-11/h4-10H,3,16H2,1-2H3. The molecule has 0 atom stereocenters. The zero-order valence-electron chi connectivity index (χ0n) is 11.5. The average molecular weight is 271 g/mol. The largest absolute Gasteiger partial charge is 0.462 e. The lowest BCUT2D eigenvalue weighted by Crippen LogP contribution is -2.15. The second-order valence-electron chi connectivity index (χ2n) is 4.23. The lowest BCUT2D eigenvalue weighted by Gasteiger charge is -2.21. The highest BCUT2D eigenvalue weighted by atomic mass is 16.5. The van der Waals surface area contributed by atoms with Crippen LogP contribution in [0, 0.1) is 0 Å². The Hall–Kier alpha value is -2.56. The van der Waals surface area contributed by atoms with E-state index in [1.165, 1.54) is 0 Å². The van der Waals surface area contributed by atoms with Crippen molar-refractivity contribution in [3.63, 3.8) is 0 Å². The Morgan fingerprint density at radius 1 is 1.35 bits per heavy atom. The van der Waals surface area contributed by atoms with Gasteiger partial charge in [0.05, 0.1) is 35.4 Å². The van der Waals surface area contributed by atoms with E-state index in [9.17, 15) is 4.79 Å². The molecule has 0 saturated heterocycles. The number of hydrogen-bond donors (Lipinski definition) is 1. The number of nitrogens with zero attached hydrogens (tertiary/aromatic N) is 2. The molecule has 104 valence electrons. The van der Waals surface area contributed by atoms with Crippen molar-refractivity contribution in [1.29, 1.82) is 0 Å². The summed E-state index contributed by atoms with van der Waals surface area (Å²) < 4.78 is 5.00. The fraction of sp³-hybridized carbons (Fsp3) is 0.200. The molecule has 20 heavy (non-hydrogen) atoms. The number of carbonyl (C=O) groups is 1. The monoisotopic (exact) mass is 271 g/mol. The summed E-state index contributed by atoms with van der Waals surface area (Å²) in [5, 5.41) is 0. The molecule has 0 amide bonds. The molecule has 0 bridgehead atoms. The number of ether oxygens (including phenoxy) is 1. The Bertz CT molecular complexity index is 599. The van der Waals surface area contributed by atoms with Crippen LogP contribution in [-0.4, -0.2) is 24.6 Å². The van der Waals surface area contributed by atoms with E-state index in [-0.39, 0.29) is 0 Å². The number of hydrogen-bond acceptors (Lipinski definition) is 5. The number of esters is 1. The summed E-state index contributed by atoms with van der Waals surface area (Å²) in [4.78, 5) is 17.8. The minimum absolute atomic E-state index is 0.320. The van der Waals surface area contributed by atoms with Crippen molar-refractivity contribution in [3.8, 4) is 0 Å². The Kier molecular flexibility index (Phi) is 4.20. The van der Waals surface area contributed by atoms with Crippen LogP contribution in [0.25, 0.3) is 0 Å². The van der Waals surface area contributed by atoms with Gasteiger partial charge >= 0.3 is 5.97 Å². The number of para-hydroxylation sites is 1. The van der Waals surface area contributed by atoms with Crippen LogP contribution in [-0.2, 0) is 4.74 Å². The highest BCUT2D eigenvalue weighted by molar-refractivity contribution is 5.99. The first-order valence-corrected chi connectivity index (χ1v) is 6.34. The predicted octanol–water partition coefficient (Wildman–Crippen LogP) is 2.61. The minimum Gasteiger partial charge on any atom is -0.462 e. The van der Waals surface area contributed by atoms with Crippen molar-refractivity contribution >= 4 is 23.0 Å². The molecule has 0 radical (unpaired) electrons. The second-order valence-corrected chi connectivity index (χ2v) is 4.23. The molecule has 0 fully saturated rings. The summed E-state index contributed by atoms with van der Waals surface area (Å²) in [5.74, 6) is -0.411. The smallest absolute Gasteiger partial charge is 0.340 e. The molecular weight excluding hydrogens is 254 g/mol. The van der Waals surface area contributed by atoms with Gasteiger partial charge in [-0.25, -0.2) is 4.79 Å². The van der Waals surface area contributed by atoms with Crippen LogP contribution in [0.4, 0.5) is 17.1 Å². The summed E-state index contributed by atoms with van der Waals surface area (Å²) in [6.45, 7) is 2.08. The molecule has 5 nitrogen and oxygen atoms in total. The average Bonchev–Trinajstić information content (AvgIpc) is 2.48. The fourth-order valence-electron chi connectivity index (χ4n) is 1.92. The number of nitrogen functional groups attached to an aromatic ring is 1. The van der Waals surface area contributed by atoms with Gasteiger partial charge in [-0.2, -0.15) is 0 Å². The van der Waals surface area contributed by atoms with E-state index in [1.54, 1.807) is 31.5 Å². The van der Waals surface area contributed by atoms with Crippen molar-refractivity contribution in [1.82, 2.24) is 4.98 Å². The summed E-state index contributed by atoms with van der Waals surface area (Å²) in [5.41, 5.74) is 8.49. The van der Waals surface area contributed by atoms with Crippen LogP contribution in [0.1, 0.15) is 17.3 Å². The second kappa shape index (κ2) is 6.06. The van der Waals surface area contributed by atoms with E-state index in [0.29, 0.717) is 17.9 Å². The Labute approximate surface area is 118 Å². The van der Waals surface area contributed by atoms with Gasteiger partial charge in [-0.05, 0) is 31.2 Å². The van der Waals surface area contributed by atoms with Crippen molar-refractivity contribution in [2.45, 2.75) is 6.92 Å². The molecule has 0 aliphatic heterocycles. The number of benzene rings is 1. The van der Waals surface area contributed by atoms with Crippen LogP contribution in [0.15, 0.2) is 42.7 Å². The SMILES string of the molecule is CCOC(=O)c1cccc(N(C)c2cccnc2)c1N. The zero-order valence-corrected chi connectivity index (χ0v) is 11.5. The molecule has 1 aromatic carbocycles.